The van der Waals surface area contributed by atoms with Gasteiger partial charge >= 0.3 is 0 Å². The first-order valence-electron chi connectivity index (χ1n) is 7.50. The molecule has 21 heavy (non-hydrogen) atoms. The van der Waals surface area contributed by atoms with Crippen molar-refractivity contribution in [2.24, 2.45) is 11.3 Å². The third kappa shape index (κ3) is 3.46. The zero-order valence-electron chi connectivity index (χ0n) is 13.3. The first kappa shape index (κ1) is 16.5. The van der Waals surface area contributed by atoms with Crippen molar-refractivity contribution < 1.29 is 8.42 Å². The fourth-order valence-corrected chi connectivity index (χ4v) is 4.30. The summed E-state index contributed by atoms with van der Waals surface area (Å²) < 4.78 is 27.1. The van der Waals surface area contributed by atoms with Gasteiger partial charge in [-0.1, -0.05) is 27.7 Å². The van der Waals surface area contributed by atoms with Crippen molar-refractivity contribution in [1.82, 2.24) is 19.8 Å². The Bertz CT molecular complexity index is 574. The number of sulfonamides is 1. The Morgan fingerprint density at radius 3 is 2.76 bits per heavy atom. The Hall–Kier alpha value is -0.920. The van der Waals surface area contributed by atoms with Gasteiger partial charge in [0.05, 0.1) is 6.20 Å². The van der Waals surface area contributed by atoms with Crippen LogP contribution in [0, 0.1) is 11.3 Å². The summed E-state index contributed by atoms with van der Waals surface area (Å²) in [5.41, 5.74) is 0.834. The average Bonchev–Trinajstić information content (AvgIpc) is 3.04. The molecule has 0 bridgehead atoms. The lowest BCUT2D eigenvalue weighted by molar-refractivity contribution is 0.251. The van der Waals surface area contributed by atoms with E-state index in [4.69, 9.17) is 0 Å². The molecule has 0 radical (unpaired) electrons. The molecule has 6 nitrogen and oxygen atoms in total. The van der Waals surface area contributed by atoms with Gasteiger partial charge in [0, 0.05) is 25.2 Å². The van der Waals surface area contributed by atoms with E-state index in [1.54, 1.807) is 10.5 Å². The molecule has 0 spiro atoms. The molecule has 2 N–H and O–H groups in total. The maximum absolute atomic E-state index is 12.8. The molecule has 0 saturated carbocycles. The highest BCUT2D eigenvalue weighted by Crippen LogP contribution is 2.35. The van der Waals surface area contributed by atoms with Gasteiger partial charge in [-0.2, -0.15) is 9.40 Å². The lowest BCUT2D eigenvalue weighted by Crippen LogP contribution is -2.32. The van der Waals surface area contributed by atoms with Crippen LogP contribution >= 0.6 is 0 Å². The molecule has 1 unspecified atom stereocenters. The predicted molar refractivity (Wildman–Crippen MR) is 82.3 cm³/mol. The second kappa shape index (κ2) is 6.06. The van der Waals surface area contributed by atoms with E-state index in [-0.39, 0.29) is 10.4 Å². The maximum atomic E-state index is 12.8. The van der Waals surface area contributed by atoms with E-state index in [2.05, 4.69) is 36.3 Å². The van der Waals surface area contributed by atoms with E-state index in [0.29, 0.717) is 31.1 Å². The van der Waals surface area contributed by atoms with Crippen molar-refractivity contribution in [3.63, 3.8) is 0 Å². The SMILES string of the molecule is CCNCc1cn[nH]c1S(=O)(=O)N1CCC(C(C)(C)C)C1. The zero-order chi connectivity index (χ0) is 15.7. The van der Waals surface area contributed by atoms with E-state index in [1.807, 2.05) is 6.92 Å². The van der Waals surface area contributed by atoms with Crippen LogP contribution in [0.3, 0.4) is 0 Å². The van der Waals surface area contributed by atoms with Crippen molar-refractivity contribution >= 4 is 10.0 Å². The highest BCUT2D eigenvalue weighted by molar-refractivity contribution is 7.89. The molecule has 1 aliphatic heterocycles. The Kier molecular flexibility index (Phi) is 4.75. The van der Waals surface area contributed by atoms with Gasteiger partial charge in [0.25, 0.3) is 10.0 Å². The summed E-state index contributed by atoms with van der Waals surface area (Å²) in [7, 11) is -3.47. The molecule has 1 aliphatic rings. The monoisotopic (exact) mass is 314 g/mol. The van der Waals surface area contributed by atoms with Crippen LogP contribution in [-0.4, -0.2) is 42.6 Å². The van der Waals surface area contributed by atoms with E-state index in [0.717, 1.165) is 13.0 Å². The van der Waals surface area contributed by atoms with Crippen LogP contribution in [0.5, 0.6) is 0 Å². The first-order valence-corrected chi connectivity index (χ1v) is 8.94. The minimum atomic E-state index is -3.47. The Labute approximate surface area is 127 Å². The maximum Gasteiger partial charge on any atom is 0.260 e. The third-order valence-electron chi connectivity index (χ3n) is 4.22. The van der Waals surface area contributed by atoms with Gasteiger partial charge in [-0.25, -0.2) is 8.42 Å². The van der Waals surface area contributed by atoms with Gasteiger partial charge in [0.1, 0.15) is 0 Å². The van der Waals surface area contributed by atoms with E-state index < -0.39 is 10.0 Å². The van der Waals surface area contributed by atoms with Crippen molar-refractivity contribution in [3.8, 4) is 0 Å². The summed E-state index contributed by atoms with van der Waals surface area (Å²) >= 11 is 0. The van der Waals surface area contributed by atoms with Crippen LogP contribution in [0.4, 0.5) is 0 Å². The minimum absolute atomic E-state index is 0.130. The highest BCUT2D eigenvalue weighted by atomic mass is 32.2. The number of rotatable bonds is 5. The highest BCUT2D eigenvalue weighted by Gasteiger charge is 2.38. The van der Waals surface area contributed by atoms with E-state index in [9.17, 15) is 8.42 Å². The average molecular weight is 314 g/mol. The summed E-state index contributed by atoms with van der Waals surface area (Å²) in [5.74, 6) is 0.396. The first-order chi connectivity index (χ1) is 9.76. The molecule has 7 heteroatoms. The van der Waals surface area contributed by atoms with E-state index >= 15 is 0 Å². The zero-order valence-corrected chi connectivity index (χ0v) is 14.1. The van der Waals surface area contributed by atoms with Gasteiger partial charge in [-0.15, -0.1) is 0 Å². The Morgan fingerprint density at radius 1 is 1.48 bits per heavy atom. The van der Waals surface area contributed by atoms with E-state index in [1.165, 1.54) is 0 Å². The molecule has 2 heterocycles. The lowest BCUT2D eigenvalue weighted by atomic mass is 9.80. The summed E-state index contributed by atoms with van der Waals surface area (Å²) in [6.07, 6.45) is 2.51. The molecule has 120 valence electrons. The largest absolute Gasteiger partial charge is 0.313 e. The number of aromatic nitrogens is 2. The van der Waals surface area contributed by atoms with Crippen LogP contribution in [0.25, 0.3) is 0 Å². The molecule has 2 rings (SSSR count). The number of hydrogen-bond acceptors (Lipinski definition) is 4. The standard InChI is InChI=1S/C14H26N4O2S/c1-5-15-8-11-9-16-17-13(11)21(19,20)18-7-6-12(10-18)14(2,3)4/h9,12,15H,5-8,10H2,1-4H3,(H,16,17). The molecule has 1 aromatic heterocycles. The van der Waals surface area contributed by atoms with Crippen molar-refractivity contribution in [2.75, 3.05) is 19.6 Å². The molecule has 1 fully saturated rings. The van der Waals surface area contributed by atoms with Crippen LogP contribution < -0.4 is 5.32 Å². The second-order valence-corrected chi connectivity index (χ2v) is 8.59. The van der Waals surface area contributed by atoms with Gasteiger partial charge in [-0.05, 0) is 24.3 Å². The second-order valence-electron chi connectivity index (χ2n) is 6.72. The van der Waals surface area contributed by atoms with Gasteiger partial charge in [0.15, 0.2) is 5.03 Å². The summed E-state index contributed by atoms with van der Waals surface area (Å²) in [4.78, 5) is 0. The summed E-state index contributed by atoms with van der Waals surface area (Å²) in [5, 5.41) is 9.95. The lowest BCUT2D eigenvalue weighted by Gasteiger charge is -2.26. The van der Waals surface area contributed by atoms with Crippen molar-refractivity contribution in [3.05, 3.63) is 11.8 Å². The van der Waals surface area contributed by atoms with Gasteiger partial charge in [0.2, 0.25) is 0 Å². The molecule has 1 atom stereocenters. The molecule has 1 saturated heterocycles. The van der Waals surface area contributed by atoms with Crippen LogP contribution in [0.2, 0.25) is 0 Å². The smallest absolute Gasteiger partial charge is 0.260 e. The van der Waals surface area contributed by atoms with Crippen molar-refractivity contribution in [2.45, 2.75) is 45.7 Å². The van der Waals surface area contributed by atoms with Crippen LogP contribution in [-0.2, 0) is 16.6 Å². The molecular formula is C14H26N4O2S. The third-order valence-corrected chi connectivity index (χ3v) is 6.10. The predicted octanol–water partition coefficient (Wildman–Crippen LogP) is 1.58. The molecular weight excluding hydrogens is 288 g/mol. The molecule has 0 aromatic carbocycles. The Morgan fingerprint density at radius 2 is 2.19 bits per heavy atom. The number of nitrogens with zero attached hydrogens (tertiary/aromatic N) is 2. The summed E-state index contributed by atoms with van der Waals surface area (Å²) in [6.45, 7) is 11.0. The number of hydrogen-bond donors (Lipinski definition) is 2. The summed E-state index contributed by atoms with van der Waals surface area (Å²) in [6, 6.07) is 0. The van der Waals surface area contributed by atoms with Crippen molar-refractivity contribution in [1.29, 1.82) is 0 Å². The number of aromatic amines is 1. The number of H-pyrrole nitrogens is 1. The van der Waals surface area contributed by atoms with Gasteiger partial charge < -0.3 is 5.32 Å². The van der Waals surface area contributed by atoms with Crippen LogP contribution in [0.1, 0.15) is 39.7 Å². The molecule has 1 aromatic rings. The topological polar surface area (TPSA) is 78.1 Å². The quantitative estimate of drug-likeness (QED) is 0.865. The Balaban J connectivity index is 2.18. The van der Waals surface area contributed by atoms with Crippen LogP contribution in [0.15, 0.2) is 11.2 Å². The number of nitrogens with one attached hydrogen (secondary N) is 2. The van der Waals surface area contributed by atoms with Gasteiger partial charge in [-0.3, -0.25) is 5.10 Å². The fourth-order valence-electron chi connectivity index (χ4n) is 2.69. The fraction of sp³-hybridized carbons (Fsp3) is 0.786. The molecule has 0 aliphatic carbocycles. The normalized spacial score (nSPS) is 21.0. The molecule has 0 amide bonds. The minimum Gasteiger partial charge on any atom is -0.313 e.